The van der Waals surface area contributed by atoms with Gasteiger partial charge in [0.25, 0.3) is 0 Å². The van der Waals surface area contributed by atoms with E-state index in [1.165, 1.54) is 31.9 Å². The molecule has 3 heterocycles. The molecule has 1 saturated heterocycles. The fraction of sp³-hybridized carbons (Fsp3) is 0.533. The summed E-state index contributed by atoms with van der Waals surface area (Å²) >= 11 is 11.9. The highest BCUT2D eigenvalue weighted by Crippen LogP contribution is 2.36. The molecular weight excluding hydrogens is 403 g/mol. The number of nitrogens with zero attached hydrogens (tertiary/aromatic N) is 4. The number of imidazole rings is 1. The molecule has 3 rings (SSSR count). The predicted molar refractivity (Wildman–Crippen MR) is 92.2 cm³/mol. The summed E-state index contributed by atoms with van der Waals surface area (Å²) in [5.41, 5.74) is 0.576. The molecule has 0 amide bonds. The summed E-state index contributed by atoms with van der Waals surface area (Å²) in [6.45, 7) is 2.60. The summed E-state index contributed by atoms with van der Waals surface area (Å²) < 4.78 is 23.3. The number of carbonyl (C=O) groups excluding carboxylic acids is 2. The highest BCUT2D eigenvalue weighted by Gasteiger charge is 2.50. The fourth-order valence-electron chi connectivity index (χ4n) is 2.92. The summed E-state index contributed by atoms with van der Waals surface area (Å²) in [5, 5.41) is -0.0166. The van der Waals surface area contributed by atoms with Crippen LogP contribution in [0.25, 0.3) is 11.2 Å². The number of carbonyl (C=O) groups is 2. The van der Waals surface area contributed by atoms with Crippen LogP contribution in [0.3, 0.4) is 0 Å². The van der Waals surface area contributed by atoms with E-state index < -0.39 is 36.5 Å². The Labute approximate surface area is 163 Å². The van der Waals surface area contributed by atoms with Crippen LogP contribution in [0.2, 0.25) is 10.4 Å². The Kier molecular flexibility index (Phi) is 5.80. The highest BCUT2D eigenvalue weighted by molar-refractivity contribution is 6.35. The molecule has 12 heteroatoms. The van der Waals surface area contributed by atoms with E-state index in [0.29, 0.717) is 5.52 Å². The number of ether oxygens (including phenoxy) is 4. The van der Waals surface area contributed by atoms with E-state index in [4.69, 9.17) is 42.1 Å². The number of methoxy groups -OCH3 is 1. The van der Waals surface area contributed by atoms with Crippen molar-refractivity contribution in [3.63, 3.8) is 0 Å². The van der Waals surface area contributed by atoms with Crippen molar-refractivity contribution in [1.29, 1.82) is 0 Å². The molecule has 146 valence electrons. The molecule has 0 N–H and O–H groups in total. The van der Waals surface area contributed by atoms with Gasteiger partial charge in [-0.2, -0.15) is 4.98 Å². The molecule has 1 aliphatic rings. The molecule has 0 saturated carbocycles. The van der Waals surface area contributed by atoms with Gasteiger partial charge < -0.3 is 18.9 Å². The molecule has 27 heavy (non-hydrogen) atoms. The van der Waals surface area contributed by atoms with Gasteiger partial charge in [0.15, 0.2) is 29.2 Å². The first-order valence-corrected chi connectivity index (χ1v) is 8.61. The molecule has 0 aliphatic carbocycles. The van der Waals surface area contributed by atoms with E-state index in [2.05, 4.69) is 15.0 Å². The molecule has 2 aromatic rings. The van der Waals surface area contributed by atoms with Crippen LogP contribution in [-0.2, 0) is 28.5 Å². The van der Waals surface area contributed by atoms with Gasteiger partial charge >= 0.3 is 11.9 Å². The topological polar surface area (TPSA) is 115 Å². The minimum atomic E-state index is -0.962. The lowest BCUT2D eigenvalue weighted by atomic mass is 10.1. The maximum absolute atomic E-state index is 11.6. The van der Waals surface area contributed by atoms with Crippen LogP contribution in [0.5, 0.6) is 0 Å². The van der Waals surface area contributed by atoms with E-state index >= 15 is 0 Å². The zero-order chi connectivity index (χ0) is 19.7. The number of esters is 2. The minimum absolute atomic E-state index is 0.0655. The third-order valence-electron chi connectivity index (χ3n) is 3.85. The van der Waals surface area contributed by atoms with Gasteiger partial charge in [0, 0.05) is 21.0 Å². The lowest BCUT2D eigenvalue weighted by molar-refractivity contribution is -0.165. The number of hydrogen-bond donors (Lipinski definition) is 0. The average Bonchev–Trinajstić information content (AvgIpc) is 3.10. The lowest BCUT2D eigenvalue weighted by Crippen LogP contribution is -2.40. The van der Waals surface area contributed by atoms with E-state index in [-0.39, 0.29) is 22.7 Å². The molecule has 0 bridgehead atoms. The highest BCUT2D eigenvalue weighted by atomic mass is 35.5. The molecule has 1 fully saturated rings. The summed E-state index contributed by atoms with van der Waals surface area (Å²) in [5.74, 6) is -1.12. The number of rotatable bonds is 5. The Morgan fingerprint density at radius 1 is 1.19 bits per heavy atom. The van der Waals surface area contributed by atoms with Gasteiger partial charge in [-0.25, -0.2) is 9.97 Å². The number of aromatic nitrogens is 4. The average molecular weight is 419 g/mol. The molecular formula is C15H16Cl2N4O6. The van der Waals surface area contributed by atoms with Crippen molar-refractivity contribution in [3.05, 3.63) is 16.8 Å². The predicted octanol–water partition coefficient (Wildman–Crippen LogP) is 1.54. The zero-order valence-electron chi connectivity index (χ0n) is 14.6. The summed E-state index contributed by atoms with van der Waals surface area (Å²) in [6.07, 6.45) is -2.02. The third-order valence-corrected chi connectivity index (χ3v) is 4.28. The maximum atomic E-state index is 11.6. The molecule has 1 unspecified atom stereocenters. The first-order chi connectivity index (χ1) is 12.8. The Balaban J connectivity index is 2.06. The number of halogens is 2. The SMILES string of the molecule is COC[C@H]1OC(n2cnc3c(Cl)nc(Cl)nc32)[C@H](OC(C)=O)[C@@H]1OC(C)=O. The van der Waals surface area contributed by atoms with E-state index in [9.17, 15) is 9.59 Å². The van der Waals surface area contributed by atoms with Gasteiger partial charge in [0.05, 0.1) is 12.9 Å². The van der Waals surface area contributed by atoms with Gasteiger partial charge in [-0.3, -0.25) is 14.2 Å². The van der Waals surface area contributed by atoms with Gasteiger partial charge in [0.2, 0.25) is 5.28 Å². The normalized spacial score (nSPS) is 24.9. The van der Waals surface area contributed by atoms with Crippen LogP contribution in [0, 0.1) is 0 Å². The van der Waals surface area contributed by atoms with Crippen LogP contribution in [-0.4, -0.2) is 63.5 Å². The summed E-state index contributed by atoms with van der Waals surface area (Å²) in [7, 11) is 1.47. The number of hydrogen-bond acceptors (Lipinski definition) is 9. The summed E-state index contributed by atoms with van der Waals surface area (Å²) in [4.78, 5) is 35.3. The van der Waals surface area contributed by atoms with Crippen LogP contribution < -0.4 is 0 Å². The standard InChI is InChI=1S/C15H16Cl2N4O6/c1-6(22)25-10-8(4-24-3)27-14(11(10)26-7(2)23)21-5-18-9-12(16)19-15(17)20-13(9)21/h5,8,10-11,14H,4H2,1-3H3/t8-,10-,11-,14?/m1/s1. The molecule has 0 radical (unpaired) electrons. The molecule has 10 nitrogen and oxygen atoms in total. The van der Waals surface area contributed by atoms with E-state index in [1.807, 2.05) is 0 Å². The molecule has 1 aliphatic heterocycles. The Hall–Kier alpha value is -2.01. The Morgan fingerprint density at radius 2 is 1.85 bits per heavy atom. The second kappa shape index (κ2) is 7.93. The van der Waals surface area contributed by atoms with E-state index in [1.54, 1.807) is 0 Å². The lowest BCUT2D eigenvalue weighted by Gasteiger charge is -2.23. The monoisotopic (exact) mass is 418 g/mol. The van der Waals surface area contributed by atoms with Gasteiger partial charge in [-0.05, 0) is 11.6 Å². The van der Waals surface area contributed by atoms with Crippen LogP contribution in [0.4, 0.5) is 0 Å². The van der Waals surface area contributed by atoms with Crippen molar-refractivity contribution in [2.45, 2.75) is 38.4 Å². The smallest absolute Gasteiger partial charge is 0.303 e. The Bertz CT molecular complexity index is 875. The van der Waals surface area contributed by atoms with Crippen molar-refractivity contribution in [1.82, 2.24) is 19.5 Å². The fourth-order valence-corrected chi connectivity index (χ4v) is 3.35. The van der Waals surface area contributed by atoms with Crippen LogP contribution >= 0.6 is 23.2 Å². The van der Waals surface area contributed by atoms with Gasteiger partial charge in [-0.1, -0.05) is 11.6 Å². The van der Waals surface area contributed by atoms with E-state index in [0.717, 1.165) is 0 Å². The summed E-state index contributed by atoms with van der Waals surface area (Å²) in [6, 6.07) is 0. The van der Waals surface area contributed by atoms with Crippen LogP contribution in [0.1, 0.15) is 20.1 Å². The largest absolute Gasteiger partial charge is 0.456 e. The second-order valence-corrected chi connectivity index (χ2v) is 6.47. The molecule has 0 spiro atoms. The first kappa shape index (κ1) is 19.7. The van der Waals surface area contributed by atoms with Crippen molar-refractivity contribution in [2.75, 3.05) is 13.7 Å². The second-order valence-electron chi connectivity index (χ2n) is 5.78. The Morgan fingerprint density at radius 3 is 2.48 bits per heavy atom. The maximum Gasteiger partial charge on any atom is 0.303 e. The van der Waals surface area contributed by atoms with Gasteiger partial charge in [0.1, 0.15) is 11.6 Å². The van der Waals surface area contributed by atoms with Crippen molar-refractivity contribution in [3.8, 4) is 0 Å². The molecule has 4 atom stereocenters. The zero-order valence-corrected chi connectivity index (χ0v) is 16.1. The first-order valence-electron chi connectivity index (χ1n) is 7.86. The molecule has 2 aromatic heterocycles. The van der Waals surface area contributed by atoms with Crippen molar-refractivity contribution >= 4 is 46.3 Å². The number of fused-ring (bicyclic) bond motifs is 1. The van der Waals surface area contributed by atoms with Crippen molar-refractivity contribution < 1.29 is 28.5 Å². The van der Waals surface area contributed by atoms with Crippen molar-refractivity contribution in [2.24, 2.45) is 0 Å². The third kappa shape index (κ3) is 3.98. The van der Waals surface area contributed by atoms with Gasteiger partial charge in [-0.15, -0.1) is 0 Å². The van der Waals surface area contributed by atoms with Crippen LogP contribution in [0.15, 0.2) is 6.33 Å². The minimum Gasteiger partial charge on any atom is -0.456 e. The quantitative estimate of drug-likeness (QED) is 0.404. The molecule has 0 aromatic carbocycles.